The molecule has 0 bridgehead atoms. The summed E-state index contributed by atoms with van der Waals surface area (Å²) >= 11 is 11.1. The van der Waals surface area contributed by atoms with Gasteiger partial charge in [-0.1, -0.05) is 23.7 Å². The maximum atomic E-state index is 5.84. The van der Waals surface area contributed by atoms with Crippen LogP contribution in [0.3, 0.4) is 0 Å². The number of hydrogen-bond acceptors (Lipinski definition) is 2. The molecular weight excluding hydrogens is 318 g/mol. The van der Waals surface area contributed by atoms with Gasteiger partial charge < -0.3 is 5.32 Å². The van der Waals surface area contributed by atoms with Crippen LogP contribution < -0.4 is 5.32 Å². The van der Waals surface area contributed by atoms with Crippen LogP contribution in [0.25, 0.3) is 0 Å². The fourth-order valence-electron chi connectivity index (χ4n) is 1.54. The second kappa shape index (κ2) is 6.55. The van der Waals surface area contributed by atoms with Gasteiger partial charge >= 0.3 is 0 Å². The molecule has 0 saturated heterocycles. The van der Waals surface area contributed by atoms with E-state index in [0.717, 1.165) is 29.0 Å². The zero-order valence-corrected chi connectivity index (χ0v) is 12.4. The van der Waals surface area contributed by atoms with Gasteiger partial charge in [0.25, 0.3) is 0 Å². The van der Waals surface area contributed by atoms with Gasteiger partial charge in [0.05, 0.1) is 0 Å². The molecule has 0 amide bonds. The van der Waals surface area contributed by atoms with Crippen LogP contribution in [0.15, 0.2) is 40.2 Å². The SMILES string of the molecule is Clc1ccc(CCNCc2cc(Br)cs2)cc1. The molecule has 90 valence electrons. The fourth-order valence-corrected chi connectivity index (χ4v) is 3.09. The summed E-state index contributed by atoms with van der Waals surface area (Å²) in [6.07, 6.45) is 1.03. The molecule has 0 saturated carbocycles. The van der Waals surface area contributed by atoms with E-state index in [-0.39, 0.29) is 0 Å². The second-order valence-corrected chi connectivity index (χ2v) is 6.13. The molecule has 1 N–H and O–H groups in total. The molecule has 0 atom stereocenters. The van der Waals surface area contributed by atoms with E-state index in [4.69, 9.17) is 11.6 Å². The van der Waals surface area contributed by atoms with Gasteiger partial charge in [0.15, 0.2) is 0 Å². The molecule has 2 rings (SSSR count). The Labute approximate surface area is 119 Å². The number of hydrogen-bond donors (Lipinski definition) is 1. The standard InChI is InChI=1S/C13H13BrClNS/c14-11-7-13(17-9-11)8-16-6-5-10-1-3-12(15)4-2-10/h1-4,7,9,16H,5-6,8H2. The highest BCUT2D eigenvalue weighted by Crippen LogP contribution is 2.19. The van der Waals surface area contributed by atoms with Gasteiger partial charge in [-0.3, -0.25) is 0 Å². The largest absolute Gasteiger partial charge is 0.312 e. The van der Waals surface area contributed by atoms with Gasteiger partial charge in [0.1, 0.15) is 0 Å². The first-order valence-electron chi connectivity index (χ1n) is 5.42. The van der Waals surface area contributed by atoms with E-state index in [2.05, 4.69) is 44.8 Å². The molecule has 0 aliphatic carbocycles. The summed E-state index contributed by atoms with van der Waals surface area (Å²) < 4.78 is 1.16. The van der Waals surface area contributed by atoms with E-state index < -0.39 is 0 Å². The van der Waals surface area contributed by atoms with Crippen LogP contribution in [0.1, 0.15) is 10.4 Å². The van der Waals surface area contributed by atoms with Crippen molar-refractivity contribution in [1.82, 2.24) is 5.32 Å². The third-order valence-corrected chi connectivity index (χ3v) is 4.37. The summed E-state index contributed by atoms with van der Waals surface area (Å²) in [6.45, 7) is 1.92. The minimum absolute atomic E-state index is 0.796. The van der Waals surface area contributed by atoms with E-state index in [1.54, 1.807) is 11.3 Å². The second-order valence-electron chi connectivity index (χ2n) is 3.78. The lowest BCUT2D eigenvalue weighted by molar-refractivity contribution is 0.693. The van der Waals surface area contributed by atoms with Crippen molar-refractivity contribution in [1.29, 1.82) is 0 Å². The average molecular weight is 331 g/mol. The summed E-state index contributed by atoms with van der Waals surface area (Å²) in [5, 5.41) is 6.34. The van der Waals surface area contributed by atoms with Gasteiger partial charge in [-0.2, -0.15) is 0 Å². The molecule has 1 aromatic heterocycles. The lowest BCUT2D eigenvalue weighted by Crippen LogP contribution is -2.15. The van der Waals surface area contributed by atoms with E-state index >= 15 is 0 Å². The van der Waals surface area contributed by atoms with Gasteiger partial charge in [-0.05, 0) is 52.7 Å². The van der Waals surface area contributed by atoms with E-state index in [1.807, 2.05) is 12.1 Å². The Hall–Kier alpha value is -0.350. The van der Waals surface area contributed by atoms with E-state index in [1.165, 1.54) is 10.4 Å². The predicted octanol–water partition coefficient (Wildman–Crippen LogP) is 4.50. The van der Waals surface area contributed by atoms with Crippen molar-refractivity contribution in [2.45, 2.75) is 13.0 Å². The molecule has 1 heterocycles. The monoisotopic (exact) mass is 329 g/mol. The highest BCUT2D eigenvalue weighted by Gasteiger charge is 1.97. The topological polar surface area (TPSA) is 12.0 Å². The average Bonchev–Trinajstić information content (AvgIpc) is 2.73. The van der Waals surface area contributed by atoms with Crippen molar-refractivity contribution in [3.8, 4) is 0 Å². The lowest BCUT2D eigenvalue weighted by atomic mass is 10.1. The summed E-state index contributed by atoms with van der Waals surface area (Å²) in [5.74, 6) is 0. The minimum Gasteiger partial charge on any atom is -0.312 e. The molecule has 0 aliphatic heterocycles. The first-order valence-corrected chi connectivity index (χ1v) is 7.47. The first kappa shape index (κ1) is 13.1. The molecule has 0 radical (unpaired) electrons. The van der Waals surface area contributed by atoms with E-state index in [9.17, 15) is 0 Å². The number of rotatable bonds is 5. The van der Waals surface area contributed by atoms with Crippen molar-refractivity contribution in [3.63, 3.8) is 0 Å². The Balaban J connectivity index is 1.71. The number of benzene rings is 1. The fraction of sp³-hybridized carbons (Fsp3) is 0.231. The maximum absolute atomic E-state index is 5.84. The van der Waals surface area contributed by atoms with Gasteiger partial charge in [-0.25, -0.2) is 0 Å². The molecule has 0 aliphatic rings. The summed E-state index contributed by atoms with van der Waals surface area (Å²) in [4.78, 5) is 1.35. The smallest absolute Gasteiger partial charge is 0.0406 e. The summed E-state index contributed by atoms with van der Waals surface area (Å²) in [5.41, 5.74) is 1.31. The number of halogens is 2. The molecule has 4 heteroatoms. The Kier molecular flexibility index (Phi) is 5.04. The first-order chi connectivity index (χ1) is 8.24. The molecule has 1 aromatic carbocycles. The van der Waals surface area contributed by atoms with Crippen LogP contribution in [0.2, 0.25) is 5.02 Å². The molecule has 17 heavy (non-hydrogen) atoms. The molecule has 0 spiro atoms. The quantitative estimate of drug-likeness (QED) is 0.796. The molecule has 0 fully saturated rings. The van der Waals surface area contributed by atoms with Crippen molar-refractivity contribution in [3.05, 3.63) is 55.6 Å². The minimum atomic E-state index is 0.796. The van der Waals surface area contributed by atoms with Crippen LogP contribution in [-0.2, 0) is 13.0 Å². The summed E-state index contributed by atoms with van der Waals surface area (Å²) in [7, 11) is 0. The zero-order chi connectivity index (χ0) is 12.1. The molecular formula is C13H13BrClNS. The van der Waals surface area contributed by atoms with Crippen LogP contribution in [0, 0.1) is 0 Å². The molecule has 2 aromatic rings. The van der Waals surface area contributed by atoms with Crippen molar-refractivity contribution >= 4 is 38.9 Å². The Morgan fingerprint density at radius 1 is 1.24 bits per heavy atom. The van der Waals surface area contributed by atoms with E-state index in [0.29, 0.717) is 0 Å². The molecule has 1 nitrogen and oxygen atoms in total. The Morgan fingerprint density at radius 2 is 2.00 bits per heavy atom. The van der Waals surface area contributed by atoms with Crippen LogP contribution in [0.5, 0.6) is 0 Å². The highest BCUT2D eigenvalue weighted by atomic mass is 79.9. The van der Waals surface area contributed by atoms with Gasteiger partial charge in [0.2, 0.25) is 0 Å². The Morgan fingerprint density at radius 3 is 2.65 bits per heavy atom. The lowest BCUT2D eigenvalue weighted by Gasteiger charge is -2.03. The van der Waals surface area contributed by atoms with Crippen molar-refractivity contribution in [2.75, 3.05) is 6.54 Å². The van der Waals surface area contributed by atoms with Gasteiger partial charge in [0, 0.05) is 26.3 Å². The predicted molar refractivity (Wildman–Crippen MR) is 78.9 cm³/mol. The maximum Gasteiger partial charge on any atom is 0.0406 e. The number of thiophene rings is 1. The normalized spacial score (nSPS) is 10.7. The van der Waals surface area contributed by atoms with Crippen molar-refractivity contribution in [2.24, 2.45) is 0 Å². The van der Waals surface area contributed by atoms with Gasteiger partial charge in [-0.15, -0.1) is 11.3 Å². The number of nitrogens with one attached hydrogen (secondary N) is 1. The molecule has 0 unspecified atom stereocenters. The highest BCUT2D eigenvalue weighted by molar-refractivity contribution is 9.10. The van der Waals surface area contributed by atoms with Crippen LogP contribution in [-0.4, -0.2) is 6.54 Å². The third kappa shape index (κ3) is 4.43. The Bertz CT molecular complexity index is 467. The van der Waals surface area contributed by atoms with Crippen LogP contribution >= 0.6 is 38.9 Å². The summed E-state index contributed by atoms with van der Waals surface area (Å²) in [6, 6.07) is 10.2. The third-order valence-electron chi connectivity index (χ3n) is 2.42. The van der Waals surface area contributed by atoms with Crippen molar-refractivity contribution < 1.29 is 0 Å². The van der Waals surface area contributed by atoms with Crippen LogP contribution in [0.4, 0.5) is 0 Å². The zero-order valence-electron chi connectivity index (χ0n) is 9.25.